The summed E-state index contributed by atoms with van der Waals surface area (Å²) < 4.78 is 34.5. The van der Waals surface area contributed by atoms with Crippen LogP contribution in [0, 0.1) is 26.7 Å². The van der Waals surface area contributed by atoms with E-state index < -0.39 is 27.6 Å². The van der Waals surface area contributed by atoms with Crippen LogP contribution < -0.4 is 25.6 Å². The first-order chi connectivity index (χ1) is 18.7. The first-order valence-corrected chi connectivity index (χ1v) is 14.6. The van der Waals surface area contributed by atoms with Crippen molar-refractivity contribution in [2.24, 2.45) is 5.92 Å². The fraction of sp³-hybridized carbons (Fsp3) is 0.464. The summed E-state index contributed by atoms with van der Waals surface area (Å²) in [6, 6.07) is 5.66. The molecule has 0 unspecified atom stereocenters. The maximum absolute atomic E-state index is 13.2. The molecule has 0 spiro atoms. The maximum atomic E-state index is 13.2. The summed E-state index contributed by atoms with van der Waals surface area (Å²) >= 11 is 0. The standard InChI is InChI=1S/C28H38N4O7S/c1-16(25(33)30-15-20-10-7-11-21(13-20)26(34)31-36)9-8-12-29-27(35)32-40(37,38)24-18(3)17(2)23-22(19(24)4)14-28(5,6)39-23/h7,10-11,13,16,36H,8-9,12,14-15H2,1-6H3,(H,30,33)(H,31,34)(H2,29,32,35)/t16-/m1/s1. The average molecular weight is 575 g/mol. The summed E-state index contributed by atoms with van der Waals surface area (Å²) in [5.74, 6) is -0.487. The monoisotopic (exact) mass is 574 g/mol. The van der Waals surface area contributed by atoms with Gasteiger partial charge in [0.25, 0.3) is 15.9 Å². The largest absolute Gasteiger partial charge is 0.487 e. The molecule has 1 heterocycles. The van der Waals surface area contributed by atoms with Crippen molar-refractivity contribution >= 4 is 27.9 Å². The molecule has 0 aliphatic carbocycles. The summed E-state index contributed by atoms with van der Waals surface area (Å²) in [6.45, 7) is 11.3. The molecule has 0 saturated carbocycles. The van der Waals surface area contributed by atoms with Crippen LogP contribution in [-0.4, -0.2) is 43.6 Å². The van der Waals surface area contributed by atoms with E-state index in [9.17, 15) is 22.8 Å². The molecule has 3 rings (SSSR count). The molecular formula is C28H38N4O7S. The Morgan fingerprint density at radius 2 is 1.77 bits per heavy atom. The van der Waals surface area contributed by atoms with Gasteiger partial charge in [-0.05, 0) is 81.8 Å². The van der Waals surface area contributed by atoms with Gasteiger partial charge in [-0.25, -0.2) is 23.4 Å². The van der Waals surface area contributed by atoms with Crippen LogP contribution in [0.25, 0.3) is 0 Å². The average Bonchev–Trinajstić information content (AvgIpc) is 3.23. The molecule has 11 nitrogen and oxygen atoms in total. The molecule has 0 fully saturated rings. The van der Waals surface area contributed by atoms with Crippen molar-refractivity contribution in [1.29, 1.82) is 0 Å². The van der Waals surface area contributed by atoms with Crippen LogP contribution in [0.1, 0.15) is 71.8 Å². The lowest BCUT2D eigenvalue weighted by Crippen LogP contribution is -2.40. The number of amides is 4. The topological polar surface area (TPSA) is 163 Å². The number of hydrogen-bond acceptors (Lipinski definition) is 7. The second-order valence-electron chi connectivity index (χ2n) is 10.8. The van der Waals surface area contributed by atoms with Gasteiger partial charge in [0.15, 0.2) is 0 Å². The molecule has 0 bridgehead atoms. The predicted molar refractivity (Wildman–Crippen MR) is 149 cm³/mol. The van der Waals surface area contributed by atoms with E-state index in [1.807, 2.05) is 20.8 Å². The molecule has 12 heteroatoms. The van der Waals surface area contributed by atoms with Crippen molar-refractivity contribution < 1.29 is 32.7 Å². The number of hydroxylamine groups is 1. The van der Waals surface area contributed by atoms with Crippen molar-refractivity contribution in [3.63, 3.8) is 0 Å². The van der Waals surface area contributed by atoms with Crippen LogP contribution in [0.5, 0.6) is 5.75 Å². The maximum Gasteiger partial charge on any atom is 0.328 e. The minimum Gasteiger partial charge on any atom is -0.487 e. The molecular weight excluding hydrogens is 536 g/mol. The molecule has 5 N–H and O–H groups in total. The van der Waals surface area contributed by atoms with E-state index in [4.69, 9.17) is 9.94 Å². The molecule has 2 aromatic carbocycles. The number of rotatable bonds is 10. The number of benzene rings is 2. The van der Waals surface area contributed by atoms with Gasteiger partial charge in [-0.15, -0.1) is 0 Å². The Balaban J connectivity index is 1.49. The Morgan fingerprint density at radius 1 is 1.07 bits per heavy atom. The number of fused-ring (bicyclic) bond motifs is 1. The van der Waals surface area contributed by atoms with E-state index in [1.165, 1.54) is 0 Å². The summed E-state index contributed by atoms with van der Waals surface area (Å²) in [4.78, 5) is 36.6. The number of sulfonamides is 1. The van der Waals surface area contributed by atoms with E-state index >= 15 is 0 Å². The number of nitrogens with one attached hydrogen (secondary N) is 4. The predicted octanol–water partition coefficient (Wildman–Crippen LogP) is 3.16. The normalized spacial score (nSPS) is 14.5. The second-order valence-corrected chi connectivity index (χ2v) is 12.4. The molecule has 0 radical (unpaired) electrons. The van der Waals surface area contributed by atoms with Gasteiger partial charge in [-0.3, -0.25) is 14.8 Å². The van der Waals surface area contributed by atoms with Gasteiger partial charge in [-0.1, -0.05) is 19.1 Å². The van der Waals surface area contributed by atoms with Gasteiger partial charge in [0, 0.05) is 36.6 Å². The van der Waals surface area contributed by atoms with Crippen molar-refractivity contribution in [1.82, 2.24) is 20.8 Å². The van der Waals surface area contributed by atoms with Crippen LogP contribution in [0.2, 0.25) is 0 Å². The van der Waals surface area contributed by atoms with Gasteiger partial charge in [0.05, 0.1) is 4.90 Å². The van der Waals surface area contributed by atoms with Crippen LogP contribution >= 0.6 is 0 Å². The lowest BCUT2D eigenvalue weighted by molar-refractivity contribution is -0.124. The van der Waals surface area contributed by atoms with Crippen LogP contribution in [0.3, 0.4) is 0 Å². The molecule has 4 amide bonds. The van der Waals surface area contributed by atoms with Crippen molar-refractivity contribution in [2.45, 2.75) is 77.8 Å². The quantitative estimate of drug-likeness (QED) is 0.165. The third-order valence-electron chi connectivity index (χ3n) is 7.09. The zero-order valence-electron chi connectivity index (χ0n) is 23.7. The van der Waals surface area contributed by atoms with E-state index in [-0.39, 0.29) is 35.4 Å². The highest BCUT2D eigenvalue weighted by Gasteiger charge is 2.37. The lowest BCUT2D eigenvalue weighted by Gasteiger charge is -2.19. The first kappa shape index (κ1) is 30.9. The van der Waals surface area contributed by atoms with Crippen LogP contribution in [0.15, 0.2) is 29.2 Å². The molecule has 2 aromatic rings. The Morgan fingerprint density at radius 3 is 2.45 bits per heavy atom. The summed E-state index contributed by atoms with van der Waals surface area (Å²) in [5, 5.41) is 14.1. The van der Waals surface area contributed by atoms with Gasteiger partial charge in [0.2, 0.25) is 5.91 Å². The fourth-order valence-corrected chi connectivity index (χ4v) is 6.35. The van der Waals surface area contributed by atoms with Gasteiger partial charge in [0.1, 0.15) is 11.4 Å². The Hall–Kier alpha value is -3.64. The van der Waals surface area contributed by atoms with Crippen LogP contribution in [0.4, 0.5) is 4.79 Å². The van der Waals surface area contributed by atoms with Crippen molar-refractivity contribution in [3.8, 4) is 5.75 Å². The second kappa shape index (κ2) is 12.3. The highest BCUT2D eigenvalue weighted by Crippen LogP contribution is 2.43. The molecule has 1 atom stereocenters. The molecule has 0 saturated heterocycles. The molecule has 1 aliphatic rings. The number of hydrogen-bond donors (Lipinski definition) is 5. The molecule has 1 aliphatic heterocycles. The summed E-state index contributed by atoms with van der Waals surface area (Å²) in [7, 11) is -4.13. The highest BCUT2D eigenvalue weighted by molar-refractivity contribution is 7.90. The number of carbonyl (C=O) groups excluding carboxylic acids is 3. The zero-order valence-corrected chi connectivity index (χ0v) is 24.5. The first-order valence-electron chi connectivity index (χ1n) is 13.1. The SMILES string of the molecule is Cc1c(C)c(S(=O)(=O)NC(=O)NCCC[C@@H](C)C(=O)NCc2cccc(C(=O)NO)c2)c(C)c2c1OC(C)(C)C2. The third-order valence-corrected chi connectivity index (χ3v) is 8.70. The van der Waals surface area contributed by atoms with Crippen LogP contribution in [-0.2, 0) is 27.8 Å². The van der Waals surface area contributed by atoms with Gasteiger partial charge >= 0.3 is 6.03 Å². The zero-order chi connectivity index (χ0) is 29.8. The summed E-state index contributed by atoms with van der Waals surface area (Å²) in [6.07, 6.45) is 1.49. The molecule has 0 aromatic heterocycles. The van der Waals surface area contributed by atoms with Crippen molar-refractivity contribution in [2.75, 3.05) is 6.54 Å². The Bertz CT molecular complexity index is 1420. The third kappa shape index (κ3) is 7.11. The van der Waals surface area contributed by atoms with Crippen molar-refractivity contribution in [3.05, 3.63) is 57.6 Å². The minimum absolute atomic E-state index is 0.0908. The lowest BCUT2D eigenvalue weighted by atomic mass is 9.94. The Labute approximate surface area is 235 Å². The smallest absolute Gasteiger partial charge is 0.328 e. The molecule has 40 heavy (non-hydrogen) atoms. The molecule has 218 valence electrons. The van der Waals surface area contributed by atoms with E-state index in [0.717, 1.165) is 11.1 Å². The van der Waals surface area contributed by atoms with E-state index in [2.05, 4.69) is 15.4 Å². The number of ether oxygens (including phenoxy) is 1. The number of urea groups is 1. The van der Waals surface area contributed by atoms with E-state index in [1.54, 1.807) is 50.5 Å². The highest BCUT2D eigenvalue weighted by atomic mass is 32.2. The van der Waals surface area contributed by atoms with E-state index in [0.29, 0.717) is 41.7 Å². The minimum atomic E-state index is -4.13. The summed E-state index contributed by atoms with van der Waals surface area (Å²) in [5.41, 5.74) is 4.79. The number of carbonyl (C=O) groups is 3. The Kier molecular flexibility index (Phi) is 9.47. The van der Waals surface area contributed by atoms with Gasteiger partial charge in [-0.2, -0.15) is 0 Å². The fourth-order valence-electron chi connectivity index (χ4n) is 4.85. The van der Waals surface area contributed by atoms with Gasteiger partial charge < -0.3 is 15.4 Å².